The van der Waals surface area contributed by atoms with Crippen LogP contribution in [-0.2, 0) is 79.7 Å². The first kappa shape index (κ1) is 87.8. The highest BCUT2D eigenvalue weighted by Gasteiger charge is 2.58. The molecule has 0 bridgehead atoms. The number of nitrogens with one attached hydrogen (secondary N) is 3. The maximum atomic E-state index is 14.7. The Hall–Kier alpha value is -13.2. The van der Waals surface area contributed by atoms with E-state index in [1.165, 1.54) is 79.5 Å². The molecule has 3 fully saturated rings. The minimum absolute atomic E-state index is 0.0116. The molecule has 628 valence electrons. The smallest absolute Gasteiger partial charge is 0.493 e. The van der Waals surface area contributed by atoms with Crippen LogP contribution in [0.15, 0.2) is 130 Å². The molecule has 117 heavy (non-hydrogen) atoms. The van der Waals surface area contributed by atoms with Crippen LogP contribution in [-0.4, -0.2) is 232 Å². The SMILES string of the molecule is C=CCOC(=O)N[C@H](C(=O)N[C@@H](C)C(=O)Nc1ccc(COC(=O)N2c3cc(OCCCOc4cc5c(cc4OC)C(=O)N4CCC[C@H]4[C@H](O)N5C(=O)OCc4ccc(O[C@@H]5O[C@H](C(=O)OCC=C)[C@@H](OC(=O)OCC=C)[C@H](OC(=O)OCC=C)[C@H]5OC(=O)OCC=C)c([N+](=O)[O-])c4)c(OC)cc3C(=O)N3CCC[C@H]3[C@@H]2O)cc1)C(C)C. The molecular weight excluding hydrogens is 1540 g/mol. The van der Waals surface area contributed by atoms with Gasteiger partial charge in [-0.25, -0.2) is 43.4 Å². The van der Waals surface area contributed by atoms with Gasteiger partial charge in [0.05, 0.1) is 66.9 Å². The van der Waals surface area contributed by atoms with Crippen LogP contribution in [0.1, 0.15) is 84.7 Å². The number of carbonyl (C=O) groups is 11. The van der Waals surface area contributed by atoms with Crippen molar-refractivity contribution >= 4 is 89.1 Å². The summed E-state index contributed by atoms with van der Waals surface area (Å²) in [4.78, 5) is 166. The van der Waals surface area contributed by atoms with E-state index >= 15 is 0 Å². The minimum atomic E-state index is -2.24. The van der Waals surface area contributed by atoms with Gasteiger partial charge in [-0.1, -0.05) is 95.3 Å². The second kappa shape index (κ2) is 41.2. The number of ether oxygens (including phenoxy) is 16. The van der Waals surface area contributed by atoms with Gasteiger partial charge in [0.2, 0.25) is 24.2 Å². The van der Waals surface area contributed by atoms with Gasteiger partial charge < -0.3 is 112 Å². The molecule has 4 aromatic rings. The number of nitro benzene ring substituents is 1. The van der Waals surface area contributed by atoms with Crippen molar-refractivity contribution in [1.82, 2.24) is 20.4 Å². The van der Waals surface area contributed by atoms with Crippen molar-refractivity contribution in [2.24, 2.45) is 5.92 Å². The highest BCUT2D eigenvalue weighted by atomic mass is 16.8. The largest absolute Gasteiger partial charge is 0.509 e. The molecular formula is C78H90N8O31. The first-order chi connectivity index (χ1) is 56.2. The number of methoxy groups -OCH3 is 2. The van der Waals surface area contributed by atoms with Crippen molar-refractivity contribution in [1.29, 1.82) is 0 Å². The number of amides is 7. The maximum Gasteiger partial charge on any atom is 0.509 e. The Kier molecular flexibility index (Phi) is 30.9. The quantitative estimate of drug-likeness (QED) is 0.00728. The summed E-state index contributed by atoms with van der Waals surface area (Å²) >= 11 is 0. The molecule has 11 atom stereocenters. The van der Waals surface area contributed by atoms with E-state index in [4.69, 9.17) is 75.8 Å². The van der Waals surface area contributed by atoms with Gasteiger partial charge in [-0.2, -0.15) is 0 Å². The van der Waals surface area contributed by atoms with Crippen molar-refractivity contribution in [2.75, 3.05) is 88.7 Å². The highest BCUT2D eigenvalue weighted by molar-refractivity contribution is 6.07. The van der Waals surface area contributed by atoms with Gasteiger partial charge in [0.25, 0.3) is 11.8 Å². The third-order valence-electron chi connectivity index (χ3n) is 18.5. The number of aliphatic hydroxyl groups is 2. The van der Waals surface area contributed by atoms with Crippen molar-refractivity contribution in [3.63, 3.8) is 0 Å². The van der Waals surface area contributed by atoms with E-state index in [0.29, 0.717) is 30.5 Å². The minimum Gasteiger partial charge on any atom is -0.493 e. The lowest BCUT2D eigenvalue weighted by atomic mass is 9.98. The standard InChI is InChI=1S/C78H90N8O31/c1-11-29-106-71(93)63-61(115-76(97)108-31-13-3)62(116-77(98)109-32-14-4)64(117-78(99)110-33-15-5)72(114-63)113-55-26-23-46(36-54(55)86(100)101)42-112-75(96)85-53-40-59(57(103-10)38-49(53)68(90)83-28-17-20-51(83)70(85)92)105-35-18-34-104-58-39-52-48(37-56(58)102-9)67(89)82-27-16-19-50(82)69(91)84(52)74(95)111-41-45-21-24-47(25-22-45)80-65(87)44(8)79-66(88)60(43(6)7)81-73(94)107-30-12-2/h11-15,21-26,36-40,43-44,50-51,60-64,69-70,72,91-92H,1-5,16-20,27-35,41-42H2,6-10H3,(H,79,88)(H,80,87)(H,81,94)/t44-,50-,51-,60-,61-,62-,63-,64+,69-,70-,72+/m0/s1. The van der Waals surface area contributed by atoms with E-state index in [1.807, 2.05) is 0 Å². The molecule has 3 saturated heterocycles. The second-order valence-electron chi connectivity index (χ2n) is 26.7. The van der Waals surface area contributed by atoms with Crippen LogP contribution in [0.5, 0.6) is 28.7 Å². The average molecular weight is 1640 g/mol. The summed E-state index contributed by atoms with van der Waals surface area (Å²) in [5, 5.41) is 44.9. The fourth-order valence-corrected chi connectivity index (χ4v) is 13.0. The molecule has 0 saturated carbocycles. The van der Waals surface area contributed by atoms with Crippen LogP contribution in [0, 0.1) is 16.0 Å². The maximum absolute atomic E-state index is 14.7. The van der Waals surface area contributed by atoms with Crippen molar-refractivity contribution in [2.45, 2.75) is 133 Å². The molecule has 5 aliphatic heterocycles. The van der Waals surface area contributed by atoms with Gasteiger partial charge in [-0.15, -0.1) is 0 Å². The number of hydrogen-bond acceptors (Lipinski definition) is 31. The lowest BCUT2D eigenvalue weighted by Crippen LogP contribution is -2.64. The van der Waals surface area contributed by atoms with Crippen LogP contribution in [0.4, 0.5) is 51.5 Å². The number of rotatable bonds is 35. The third-order valence-corrected chi connectivity index (χ3v) is 18.5. The zero-order valence-electron chi connectivity index (χ0n) is 64.5. The number of anilines is 3. The van der Waals surface area contributed by atoms with Crippen LogP contribution in [0.3, 0.4) is 0 Å². The van der Waals surface area contributed by atoms with Gasteiger partial charge in [0.15, 0.2) is 59.5 Å². The molecule has 0 aromatic heterocycles. The zero-order valence-corrected chi connectivity index (χ0v) is 64.5. The number of benzene rings is 4. The van der Waals surface area contributed by atoms with Crippen LogP contribution >= 0.6 is 0 Å². The van der Waals surface area contributed by atoms with Crippen LogP contribution in [0.25, 0.3) is 0 Å². The van der Waals surface area contributed by atoms with Crippen LogP contribution < -0.4 is 49.4 Å². The Balaban J connectivity index is 0.900. The molecule has 9 rings (SSSR count). The van der Waals surface area contributed by atoms with Crippen LogP contribution in [0.2, 0.25) is 0 Å². The predicted molar refractivity (Wildman–Crippen MR) is 406 cm³/mol. The Labute approximate surface area is 669 Å². The van der Waals surface area contributed by atoms with Crippen molar-refractivity contribution in [3.8, 4) is 28.7 Å². The van der Waals surface area contributed by atoms with E-state index in [-0.39, 0.29) is 109 Å². The Morgan fingerprint density at radius 3 is 1.53 bits per heavy atom. The number of nitro groups is 1. The fourth-order valence-electron chi connectivity index (χ4n) is 13.0. The molecule has 4 aromatic carbocycles. The molecule has 5 N–H and O–H groups in total. The summed E-state index contributed by atoms with van der Waals surface area (Å²) in [5.74, 6) is -4.57. The number of alkyl carbamates (subject to hydrolysis) is 1. The molecule has 39 heteroatoms. The predicted octanol–water partition coefficient (Wildman–Crippen LogP) is 7.96. The molecule has 39 nitrogen and oxygen atoms in total. The number of nitrogens with zero attached hydrogens (tertiary/aromatic N) is 5. The number of aliphatic hydroxyl groups excluding tert-OH is 2. The highest BCUT2D eigenvalue weighted by Crippen LogP contribution is 2.45. The number of carbonyl (C=O) groups excluding carboxylic acids is 11. The zero-order chi connectivity index (χ0) is 84.7. The number of hydrogen-bond donors (Lipinski definition) is 5. The Bertz CT molecular complexity index is 4390. The molecule has 0 spiro atoms. The topological polar surface area (TPSA) is 468 Å². The van der Waals surface area contributed by atoms with Crippen molar-refractivity contribution < 1.29 is 144 Å². The summed E-state index contributed by atoms with van der Waals surface area (Å²) in [7, 11) is 2.64. The van der Waals surface area contributed by atoms with Gasteiger partial charge in [-0.05, 0) is 80.0 Å². The van der Waals surface area contributed by atoms with E-state index in [2.05, 4.69) is 48.8 Å². The average Bonchev–Trinajstić information content (AvgIpc) is 1.70. The summed E-state index contributed by atoms with van der Waals surface area (Å²) < 4.78 is 88.9. The second-order valence-corrected chi connectivity index (χ2v) is 26.7. The van der Waals surface area contributed by atoms with E-state index in [1.54, 1.807) is 26.0 Å². The monoisotopic (exact) mass is 1630 g/mol. The lowest BCUT2D eigenvalue weighted by Gasteiger charge is -2.42. The number of fused-ring (bicyclic) bond motifs is 4. The Morgan fingerprint density at radius 1 is 0.573 bits per heavy atom. The molecule has 0 radical (unpaired) electrons. The van der Waals surface area contributed by atoms with Crippen molar-refractivity contribution in [3.05, 3.63) is 162 Å². The molecule has 0 unspecified atom stereocenters. The molecule has 7 amide bonds. The summed E-state index contributed by atoms with van der Waals surface area (Å²) in [6, 6.07) is 10.8. The first-order valence-electron chi connectivity index (χ1n) is 36.7. The van der Waals surface area contributed by atoms with Gasteiger partial charge in [0, 0.05) is 43.4 Å². The summed E-state index contributed by atoms with van der Waals surface area (Å²) in [6.07, 6.45) is -14.3. The number of esters is 1. The molecule has 5 heterocycles. The summed E-state index contributed by atoms with van der Waals surface area (Å²) in [6.45, 7) is 19.4. The Morgan fingerprint density at radius 2 is 1.04 bits per heavy atom. The lowest BCUT2D eigenvalue weighted by molar-refractivity contribution is -0.387. The van der Waals surface area contributed by atoms with Gasteiger partial charge in [0.1, 0.15) is 58.3 Å². The molecule has 5 aliphatic rings. The van der Waals surface area contributed by atoms with Gasteiger partial charge >= 0.3 is 48.4 Å². The summed E-state index contributed by atoms with van der Waals surface area (Å²) in [5.41, 5.74) is -0.586. The third kappa shape index (κ3) is 21.6. The van der Waals surface area contributed by atoms with E-state index in [0.717, 1.165) is 46.2 Å². The normalized spacial score (nSPS) is 20.1. The van der Waals surface area contributed by atoms with E-state index < -0.39 is 183 Å². The first-order valence-corrected chi connectivity index (χ1v) is 36.7. The molecule has 0 aliphatic carbocycles. The van der Waals surface area contributed by atoms with E-state index in [9.17, 15) is 73.1 Å². The van der Waals surface area contributed by atoms with Gasteiger partial charge in [-0.3, -0.25) is 29.3 Å². The fraction of sp³-hybridized carbons (Fsp3) is 0.423.